The Kier molecular flexibility index (Phi) is 34.3. The maximum atomic E-state index is 12.5. The Morgan fingerprint density at radius 2 is 0.796 bits per heavy atom. The summed E-state index contributed by atoms with van der Waals surface area (Å²) in [4.78, 5) is 24.8. The highest BCUT2D eigenvalue weighted by atomic mass is 16.2. The minimum atomic E-state index is -1.43. The van der Waals surface area contributed by atoms with Crippen LogP contribution in [0.2, 0.25) is 0 Å². The highest BCUT2D eigenvalue weighted by Crippen LogP contribution is 2.15. The Labute approximate surface area is 304 Å². The number of nitrogens with two attached hydrogens (primary N) is 3. The largest absolute Gasteiger partial charge is 0.354 e. The van der Waals surface area contributed by atoms with Crippen LogP contribution in [-0.2, 0) is 9.59 Å². The lowest BCUT2D eigenvalue weighted by molar-refractivity contribution is -0.122. The van der Waals surface area contributed by atoms with Gasteiger partial charge in [0.2, 0.25) is 11.8 Å². The van der Waals surface area contributed by atoms with Gasteiger partial charge in [0.05, 0.1) is 6.04 Å². The zero-order chi connectivity index (χ0) is 36.3. The van der Waals surface area contributed by atoms with Crippen LogP contribution in [-0.4, -0.2) is 55.9 Å². The molecule has 0 heterocycles. The second kappa shape index (κ2) is 35.2. The Balaban J connectivity index is 3.71. The molecule has 0 fully saturated rings. The minimum Gasteiger partial charge on any atom is -0.354 e. The number of hydrogen-bond acceptors (Lipinski definition) is 7. The first-order valence-electron chi connectivity index (χ1n) is 21.1. The molecule has 0 bridgehead atoms. The van der Waals surface area contributed by atoms with Crippen molar-refractivity contribution in [2.24, 2.45) is 17.2 Å². The molecule has 0 spiro atoms. The fraction of sp³-hybridized carbons (Fsp3) is 0.950. The Bertz CT molecular complexity index is 732. The maximum Gasteiger partial charge on any atom is 0.221 e. The van der Waals surface area contributed by atoms with Gasteiger partial charge in [0.1, 0.15) is 5.79 Å². The van der Waals surface area contributed by atoms with E-state index in [4.69, 9.17) is 17.2 Å². The van der Waals surface area contributed by atoms with Crippen molar-refractivity contribution < 1.29 is 9.59 Å². The topological polar surface area (TPSA) is 160 Å². The smallest absolute Gasteiger partial charge is 0.221 e. The van der Waals surface area contributed by atoms with Crippen LogP contribution in [0, 0.1) is 0 Å². The summed E-state index contributed by atoms with van der Waals surface area (Å²) in [5, 5.41) is 12.7. The molecule has 0 aliphatic rings. The molecule has 9 nitrogen and oxygen atoms in total. The van der Waals surface area contributed by atoms with E-state index < -0.39 is 11.8 Å². The Morgan fingerprint density at radius 1 is 0.469 bits per heavy atom. The lowest BCUT2D eigenvalue weighted by atomic mass is 10.0. The molecule has 0 aliphatic carbocycles. The Morgan fingerprint density at radius 3 is 1.16 bits per heavy atom. The predicted octanol–water partition coefficient (Wildman–Crippen LogP) is 7.65. The number of amides is 2. The number of unbranched alkanes of at least 4 members (excludes halogenated alkanes) is 22. The van der Waals surface area contributed by atoms with Gasteiger partial charge in [0.15, 0.2) is 0 Å². The van der Waals surface area contributed by atoms with Crippen molar-refractivity contribution in [2.45, 2.75) is 218 Å². The molecule has 2 atom stereocenters. The summed E-state index contributed by atoms with van der Waals surface area (Å²) in [5.74, 6) is -1.41. The number of carbonyl (C=O) groups excluding carboxylic acids is 2. The summed E-state index contributed by atoms with van der Waals surface area (Å²) in [7, 11) is 0. The van der Waals surface area contributed by atoms with E-state index in [1.807, 2.05) is 0 Å². The van der Waals surface area contributed by atoms with Gasteiger partial charge in [0.25, 0.3) is 0 Å². The van der Waals surface area contributed by atoms with Gasteiger partial charge in [-0.3, -0.25) is 26.8 Å². The molecule has 0 aromatic heterocycles. The first-order valence-corrected chi connectivity index (χ1v) is 21.1. The molecule has 0 radical (unpaired) electrons. The third-order valence-corrected chi connectivity index (χ3v) is 9.72. The highest BCUT2D eigenvalue weighted by Gasteiger charge is 2.27. The van der Waals surface area contributed by atoms with Crippen LogP contribution in [0.5, 0.6) is 0 Å². The third kappa shape index (κ3) is 34.9. The Hall–Kier alpha value is -1.26. The number of rotatable bonds is 38. The van der Waals surface area contributed by atoms with Gasteiger partial charge in [0, 0.05) is 45.1 Å². The van der Waals surface area contributed by atoms with Gasteiger partial charge < -0.3 is 21.3 Å². The van der Waals surface area contributed by atoms with Gasteiger partial charge in [-0.1, -0.05) is 168 Å². The van der Waals surface area contributed by atoms with E-state index in [1.165, 1.54) is 141 Å². The molecule has 0 rings (SSSR count). The van der Waals surface area contributed by atoms with Crippen LogP contribution in [0.3, 0.4) is 0 Å². The summed E-state index contributed by atoms with van der Waals surface area (Å²) < 4.78 is 0. The van der Waals surface area contributed by atoms with E-state index in [9.17, 15) is 9.59 Å². The molecule has 10 N–H and O–H groups in total. The zero-order valence-corrected chi connectivity index (χ0v) is 32.8. The van der Waals surface area contributed by atoms with Crippen molar-refractivity contribution in [3.05, 3.63) is 0 Å². The molecule has 0 saturated heterocycles. The highest BCUT2D eigenvalue weighted by molar-refractivity contribution is 5.76. The van der Waals surface area contributed by atoms with Crippen molar-refractivity contribution in [1.29, 1.82) is 0 Å². The van der Waals surface area contributed by atoms with Crippen molar-refractivity contribution in [3.63, 3.8) is 0 Å². The van der Waals surface area contributed by atoms with Gasteiger partial charge in [-0.05, 0) is 19.8 Å². The second-order valence-electron chi connectivity index (χ2n) is 14.9. The quantitative estimate of drug-likeness (QED) is 0.0258. The van der Waals surface area contributed by atoms with Crippen LogP contribution in [0.4, 0.5) is 0 Å². The fourth-order valence-corrected chi connectivity index (χ4v) is 6.44. The molecule has 2 unspecified atom stereocenters. The minimum absolute atomic E-state index is 0.0931. The standard InChI is InChI=1S/C40H85N7O2/c1-4-6-8-10-12-14-16-18-20-22-24-26-28-36(3)46-38(48)30-32-44-34-35-45-33-31-39(49)47-37(40(41,42)43)29-27-25-23-21-19-17-15-13-11-9-7-5-2/h36-37,44-45H,4-35,41-43H2,1-3H3,(H,46,48)(H,47,49). The molecular formula is C40H85N7O2. The fourth-order valence-electron chi connectivity index (χ4n) is 6.44. The number of nitrogens with one attached hydrogen (secondary N) is 4. The van der Waals surface area contributed by atoms with E-state index in [0.717, 1.165) is 32.4 Å². The lowest BCUT2D eigenvalue weighted by Gasteiger charge is -2.31. The van der Waals surface area contributed by atoms with E-state index >= 15 is 0 Å². The van der Waals surface area contributed by atoms with E-state index in [0.29, 0.717) is 32.4 Å². The van der Waals surface area contributed by atoms with Crippen LogP contribution < -0.4 is 38.5 Å². The molecule has 9 heteroatoms. The maximum absolute atomic E-state index is 12.5. The molecular weight excluding hydrogens is 610 g/mol. The van der Waals surface area contributed by atoms with Crippen molar-refractivity contribution >= 4 is 11.8 Å². The molecule has 2 amide bonds. The van der Waals surface area contributed by atoms with Gasteiger partial charge >= 0.3 is 0 Å². The van der Waals surface area contributed by atoms with Crippen LogP contribution in [0.15, 0.2) is 0 Å². The third-order valence-electron chi connectivity index (χ3n) is 9.72. The average Bonchev–Trinajstić information content (AvgIpc) is 3.05. The molecule has 0 saturated carbocycles. The van der Waals surface area contributed by atoms with E-state index in [2.05, 4.69) is 42.0 Å². The lowest BCUT2D eigenvalue weighted by Crippen LogP contribution is -2.70. The van der Waals surface area contributed by atoms with Gasteiger partial charge in [-0.25, -0.2) is 0 Å². The first kappa shape index (κ1) is 47.7. The molecule has 0 aromatic rings. The average molecular weight is 696 g/mol. The second-order valence-corrected chi connectivity index (χ2v) is 14.9. The van der Waals surface area contributed by atoms with E-state index in [-0.39, 0.29) is 17.9 Å². The summed E-state index contributed by atoms with van der Waals surface area (Å²) in [6, 6.07) is -0.210. The van der Waals surface area contributed by atoms with Crippen molar-refractivity contribution in [1.82, 2.24) is 21.3 Å². The monoisotopic (exact) mass is 696 g/mol. The summed E-state index contributed by atoms with van der Waals surface area (Å²) >= 11 is 0. The molecule has 0 aromatic carbocycles. The number of hydrogen-bond donors (Lipinski definition) is 7. The van der Waals surface area contributed by atoms with Crippen LogP contribution >= 0.6 is 0 Å². The van der Waals surface area contributed by atoms with E-state index in [1.54, 1.807) is 0 Å². The van der Waals surface area contributed by atoms with Crippen molar-refractivity contribution in [2.75, 3.05) is 26.2 Å². The van der Waals surface area contributed by atoms with Crippen LogP contribution in [0.25, 0.3) is 0 Å². The van der Waals surface area contributed by atoms with Gasteiger partial charge in [-0.15, -0.1) is 0 Å². The summed E-state index contributed by atoms with van der Waals surface area (Å²) in [6.45, 7) is 9.31. The number of carbonyl (C=O) groups is 2. The predicted molar refractivity (Wildman–Crippen MR) is 211 cm³/mol. The summed E-state index contributed by atoms with van der Waals surface area (Å²) in [6.07, 6.45) is 34.1. The normalized spacial score (nSPS) is 13.0. The van der Waals surface area contributed by atoms with Crippen molar-refractivity contribution in [3.8, 4) is 0 Å². The van der Waals surface area contributed by atoms with Gasteiger partial charge in [-0.2, -0.15) is 0 Å². The SMILES string of the molecule is CCCCCCCCCCCCCCC(C)NC(=O)CCNCCNCCC(=O)NC(CCCCCCCCCCCCCC)C(N)(N)N. The zero-order valence-electron chi connectivity index (χ0n) is 32.8. The first-order chi connectivity index (χ1) is 23.7. The molecule has 0 aliphatic heterocycles. The summed E-state index contributed by atoms with van der Waals surface area (Å²) in [5.41, 5.74) is 18.0. The molecule has 292 valence electrons. The molecule has 49 heavy (non-hydrogen) atoms. The van der Waals surface area contributed by atoms with Crippen LogP contribution in [0.1, 0.15) is 201 Å².